The SMILES string of the molecule is NCCc1nc(C(=O)OCc2ccc(Br)cc2)cs1. The summed E-state index contributed by atoms with van der Waals surface area (Å²) >= 11 is 4.78. The summed E-state index contributed by atoms with van der Waals surface area (Å²) in [6, 6.07) is 7.62. The second-order valence-corrected chi connectivity index (χ2v) is 5.73. The van der Waals surface area contributed by atoms with Crippen molar-refractivity contribution < 1.29 is 9.53 Å². The van der Waals surface area contributed by atoms with Gasteiger partial charge in [0, 0.05) is 16.3 Å². The van der Waals surface area contributed by atoms with E-state index in [9.17, 15) is 4.79 Å². The highest BCUT2D eigenvalue weighted by Gasteiger charge is 2.12. The minimum Gasteiger partial charge on any atom is -0.456 e. The van der Waals surface area contributed by atoms with Crippen LogP contribution in [0.1, 0.15) is 21.1 Å². The Morgan fingerprint density at radius 1 is 1.37 bits per heavy atom. The number of esters is 1. The van der Waals surface area contributed by atoms with Crippen LogP contribution in [-0.4, -0.2) is 17.5 Å². The molecule has 1 aromatic carbocycles. The van der Waals surface area contributed by atoms with Crippen LogP contribution in [0.2, 0.25) is 0 Å². The summed E-state index contributed by atoms with van der Waals surface area (Å²) in [5.41, 5.74) is 6.73. The van der Waals surface area contributed by atoms with Gasteiger partial charge in [-0.2, -0.15) is 0 Å². The molecule has 0 unspecified atom stereocenters. The Balaban J connectivity index is 1.91. The van der Waals surface area contributed by atoms with Crippen LogP contribution in [0.15, 0.2) is 34.1 Å². The fraction of sp³-hybridized carbons (Fsp3) is 0.231. The Morgan fingerprint density at radius 2 is 2.11 bits per heavy atom. The number of hydrogen-bond acceptors (Lipinski definition) is 5. The Bertz CT molecular complexity index is 554. The molecule has 0 radical (unpaired) electrons. The van der Waals surface area contributed by atoms with Crippen molar-refractivity contribution in [2.75, 3.05) is 6.54 Å². The zero-order valence-corrected chi connectivity index (χ0v) is 12.5. The van der Waals surface area contributed by atoms with Gasteiger partial charge in [0.1, 0.15) is 6.61 Å². The summed E-state index contributed by atoms with van der Waals surface area (Å²) in [5, 5.41) is 2.56. The second-order valence-electron chi connectivity index (χ2n) is 3.87. The quantitative estimate of drug-likeness (QED) is 0.850. The van der Waals surface area contributed by atoms with Crippen molar-refractivity contribution in [3.63, 3.8) is 0 Å². The molecule has 0 fully saturated rings. The van der Waals surface area contributed by atoms with E-state index in [4.69, 9.17) is 10.5 Å². The topological polar surface area (TPSA) is 65.2 Å². The van der Waals surface area contributed by atoms with Gasteiger partial charge >= 0.3 is 5.97 Å². The van der Waals surface area contributed by atoms with Crippen LogP contribution < -0.4 is 5.73 Å². The molecule has 0 aliphatic rings. The average molecular weight is 341 g/mol. The van der Waals surface area contributed by atoms with Crippen LogP contribution in [0.25, 0.3) is 0 Å². The summed E-state index contributed by atoms with van der Waals surface area (Å²) in [7, 11) is 0. The molecule has 0 aliphatic heterocycles. The van der Waals surface area contributed by atoms with Crippen molar-refractivity contribution in [1.82, 2.24) is 4.98 Å². The Labute approximate surface area is 123 Å². The molecule has 2 aromatic rings. The Kier molecular flexibility index (Phi) is 5.07. The Morgan fingerprint density at radius 3 is 2.79 bits per heavy atom. The maximum Gasteiger partial charge on any atom is 0.358 e. The predicted molar refractivity (Wildman–Crippen MR) is 78.1 cm³/mol. The van der Waals surface area contributed by atoms with Gasteiger partial charge in [0.15, 0.2) is 5.69 Å². The van der Waals surface area contributed by atoms with Crippen molar-refractivity contribution in [2.45, 2.75) is 13.0 Å². The van der Waals surface area contributed by atoms with E-state index in [1.54, 1.807) is 5.38 Å². The van der Waals surface area contributed by atoms with Crippen molar-refractivity contribution >= 4 is 33.2 Å². The van der Waals surface area contributed by atoms with Crippen LogP contribution in [0.5, 0.6) is 0 Å². The molecule has 0 atom stereocenters. The molecule has 0 aliphatic carbocycles. The van der Waals surface area contributed by atoms with E-state index in [0.717, 1.165) is 15.0 Å². The first-order chi connectivity index (χ1) is 9.19. The van der Waals surface area contributed by atoms with Crippen LogP contribution in [-0.2, 0) is 17.8 Å². The van der Waals surface area contributed by atoms with Gasteiger partial charge in [0.25, 0.3) is 0 Å². The van der Waals surface area contributed by atoms with E-state index in [0.29, 0.717) is 18.7 Å². The number of carbonyl (C=O) groups excluding carboxylic acids is 1. The van der Waals surface area contributed by atoms with Gasteiger partial charge in [-0.15, -0.1) is 11.3 Å². The fourth-order valence-electron chi connectivity index (χ4n) is 1.45. The number of halogens is 1. The average Bonchev–Trinajstić information content (AvgIpc) is 2.87. The molecule has 6 heteroatoms. The van der Waals surface area contributed by atoms with Gasteiger partial charge in [-0.05, 0) is 24.2 Å². The van der Waals surface area contributed by atoms with Crippen molar-refractivity contribution in [1.29, 1.82) is 0 Å². The number of benzene rings is 1. The van der Waals surface area contributed by atoms with Crippen LogP contribution in [0.4, 0.5) is 0 Å². The normalized spacial score (nSPS) is 10.4. The number of nitrogens with two attached hydrogens (primary N) is 1. The number of nitrogens with zero attached hydrogens (tertiary/aromatic N) is 1. The lowest BCUT2D eigenvalue weighted by atomic mass is 10.2. The highest BCUT2D eigenvalue weighted by molar-refractivity contribution is 9.10. The van der Waals surface area contributed by atoms with E-state index in [1.165, 1.54) is 11.3 Å². The summed E-state index contributed by atoms with van der Waals surface area (Å²) in [4.78, 5) is 16.0. The molecule has 0 amide bonds. The summed E-state index contributed by atoms with van der Waals surface area (Å²) in [6.07, 6.45) is 0.685. The van der Waals surface area contributed by atoms with Gasteiger partial charge in [-0.25, -0.2) is 9.78 Å². The highest BCUT2D eigenvalue weighted by atomic mass is 79.9. The van der Waals surface area contributed by atoms with Gasteiger partial charge in [-0.3, -0.25) is 0 Å². The first-order valence-corrected chi connectivity index (χ1v) is 7.42. The molecule has 0 saturated heterocycles. The van der Waals surface area contributed by atoms with E-state index in [2.05, 4.69) is 20.9 Å². The summed E-state index contributed by atoms with van der Waals surface area (Å²) in [5.74, 6) is -0.401. The molecule has 1 heterocycles. The number of carbonyl (C=O) groups is 1. The molecule has 19 heavy (non-hydrogen) atoms. The third-order valence-electron chi connectivity index (χ3n) is 2.40. The van der Waals surface area contributed by atoms with Crippen molar-refractivity contribution in [3.8, 4) is 0 Å². The minimum absolute atomic E-state index is 0.246. The molecule has 1 aromatic heterocycles. The molecule has 0 saturated carbocycles. The molecule has 4 nitrogen and oxygen atoms in total. The molecule has 2 N–H and O–H groups in total. The minimum atomic E-state index is -0.401. The van der Waals surface area contributed by atoms with Gasteiger partial charge < -0.3 is 10.5 Å². The van der Waals surface area contributed by atoms with E-state index < -0.39 is 5.97 Å². The van der Waals surface area contributed by atoms with Crippen molar-refractivity contribution in [2.24, 2.45) is 5.73 Å². The number of rotatable bonds is 5. The number of ether oxygens (including phenoxy) is 1. The largest absolute Gasteiger partial charge is 0.456 e. The Hall–Kier alpha value is -1.24. The van der Waals surface area contributed by atoms with Gasteiger partial charge in [-0.1, -0.05) is 28.1 Å². The standard InChI is InChI=1S/C13H13BrN2O2S/c14-10-3-1-9(2-4-10)7-18-13(17)11-8-19-12(16-11)5-6-15/h1-4,8H,5-7,15H2. The van der Waals surface area contributed by atoms with E-state index in [1.807, 2.05) is 24.3 Å². The first kappa shape index (κ1) is 14.2. The molecular weight excluding hydrogens is 328 g/mol. The fourth-order valence-corrected chi connectivity index (χ4v) is 2.49. The predicted octanol–water partition coefficient (Wildman–Crippen LogP) is 2.76. The summed E-state index contributed by atoms with van der Waals surface area (Å²) in [6.45, 7) is 0.775. The maximum atomic E-state index is 11.8. The number of aromatic nitrogens is 1. The zero-order chi connectivity index (χ0) is 13.7. The molecular formula is C13H13BrN2O2S. The van der Waals surface area contributed by atoms with Crippen LogP contribution in [0, 0.1) is 0 Å². The van der Waals surface area contributed by atoms with Gasteiger partial charge in [0.2, 0.25) is 0 Å². The molecule has 0 spiro atoms. The van der Waals surface area contributed by atoms with Crippen molar-refractivity contribution in [3.05, 3.63) is 50.4 Å². The maximum absolute atomic E-state index is 11.8. The summed E-state index contributed by atoms with van der Waals surface area (Å²) < 4.78 is 6.20. The smallest absolute Gasteiger partial charge is 0.358 e. The van der Waals surface area contributed by atoms with Crippen LogP contribution in [0.3, 0.4) is 0 Å². The van der Waals surface area contributed by atoms with Gasteiger partial charge in [0.05, 0.1) is 5.01 Å². The number of hydrogen-bond donors (Lipinski definition) is 1. The molecule has 2 rings (SSSR count). The monoisotopic (exact) mass is 340 g/mol. The second kappa shape index (κ2) is 6.79. The zero-order valence-electron chi connectivity index (χ0n) is 10.1. The number of thiazole rings is 1. The third-order valence-corrected chi connectivity index (χ3v) is 3.84. The van der Waals surface area contributed by atoms with E-state index in [-0.39, 0.29) is 6.61 Å². The molecule has 0 bridgehead atoms. The molecule has 100 valence electrons. The lowest BCUT2D eigenvalue weighted by molar-refractivity contribution is 0.0466. The lowest BCUT2D eigenvalue weighted by Gasteiger charge is -2.03. The van der Waals surface area contributed by atoms with E-state index >= 15 is 0 Å². The third kappa shape index (κ3) is 4.12. The van der Waals surface area contributed by atoms with Crippen LogP contribution >= 0.6 is 27.3 Å². The lowest BCUT2D eigenvalue weighted by Crippen LogP contribution is -2.07. The highest BCUT2D eigenvalue weighted by Crippen LogP contribution is 2.14. The first-order valence-electron chi connectivity index (χ1n) is 5.75.